The third-order valence-corrected chi connectivity index (χ3v) is 3.35. The van der Waals surface area contributed by atoms with E-state index < -0.39 is 11.6 Å². The summed E-state index contributed by atoms with van der Waals surface area (Å²) >= 11 is 3.31. The average molecular weight is 353 g/mol. The van der Waals surface area contributed by atoms with Crippen LogP contribution in [0, 0.1) is 11.6 Å². The van der Waals surface area contributed by atoms with Gasteiger partial charge in [-0.1, -0.05) is 5.16 Å². The molecule has 8 heteroatoms. The van der Waals surface area contributed by atoms with E-state index in [0.29, 0.717) is 16.2 Å². The third kappa shape index (κ3) is 2.49. The number of pyridine rings is 1. The van der Waals surface area contributed by atoms with Gasteiger partial charge >= 0.3 is 0 Å². The molecule has 0 radical (unpaired) electrons. The third-order valence-electron chi connectivity index (χ3n) is 2.71. The van der Waals surface area contributed by atoms with E-state index in [4.69, 9.17) is 10.3 Å². The van der Waals surface area contributed by atoms with Crippen LogP contribution in [0.3, 0.4) is 0 Å². The van der Waals surface area contributed by atoms with Gasteiger partial charge in [0.05, 0.1) is 11.3 Å². The van der Waals surface area contributed by atoms with Crippen molar-refractivity contribution in [1.82, 2.24) is 15.1 Å². The van der Waals surface area contributed by atoms with Crippen LogP contribution in [-0.2, 0) is 0 Å². The van der Waals surface area contributed by atoms with Gasteiger partial charge in [0.2, 0.25) is 5.82 Å². The molecule has 0 aliphatic heterocycles. The Hall–Kier alpha value is -2.35. The molecule has 0 amide bonds. The lowest BCUT2D eigenvalue weighted by Gasteiger charge is -2.00. The summed E-state index contributed by atoms with van der Waals surface area (Å²) in [6, 6.07) is 5.27. The molecule has 0 atom stereocenters. The molecule has 21 heavy (non-hydrogen) atoms. The minimum absolute atomic E-state index is 0.0697. The van der Waals surface area contributed by atoms with Crippen molar-refractivity contribution in [3.05, 3.63) is 46.6 Å². The average Bonchev–Trinajstić information content (AvgIpc) is 2.92. The van der Waals surface area contributed by atoms with E-state index in [1.165, 1.54) is 0 Å². The summed E-state index contributed by atoms with van der Waals surface area (Å²) in [7, 11) is 0. The normalized spacial score (nSPS) is 10.8. The molecular formula is C13H7BrF2N4O. The largest absolute Gasteiger partial charge is 0.396 e. The summed E-state index contributed by atoms with van der Waals surface area (Å²) in [5.41, 5.74) is 5.59. The Morgan fingerprint density at radius 2 is 2.00 bits per heavy atom. The van der Waals surface area contributed by atoms with Crippen LogP contribution < -0.4 is 5.73 Å². The van der Waals surface area contributed by atoms with Crippen molar-refractivity contribution in [2.24, 2.45) is 0 Å². The highest BCUT2D eigenvalue weighted by Crippen LogP contribution is 2.29. The number of nitrogens with zero attached hydrogens (tertiary/aromatic N) is 3. The second kappa shape index (κ2) is 5.21. The van der Waals surface area contributed by atoms with Crippen LogP contribution in [0.5, 0.6) is 0 Å². The molecule has 0 bridgehead atoms. The van der Waals surface area contributed by atoms with Crippen LogP contribution in [0.2, 0.25) is 0 Å². The molecule has 0 saturated heterocycles. The quantitative estimate of drug-likeness (QED) is 0.715. The molecule has 106 valence electrons. The highest BCUT2D eigenvalue weighted by atomic mass is 79.9. The fraction of sp³-hybridized carbons (Fsp3) is 0. The number of anilines is 1. The Balaban J connectivity index is 2.07. The van der Waals surface area contributed by atoms with E-state index in [1.54, 1.807) is 18.3 Å². The van der Waals surface area contributed by atoms with E-state index in [0.717, 1.165) is 6.07 Å². The molecule has 5 nitrogen and oxygen atoms in total. The first-order valence-corrected chi connectivity index (χ1v) is 6.55. The summed E-state index contributed by atoms with van der Waals surface area (Å²) in [4.78, 5) is 8.15. The number of nitrogen functional groups attached to an aromatic ring is 1. The number of aromatic nitrogens is 3. The van der Waals surface area contributed by atoms with Gasteiger partial charge in [0.1, 0.15) is 17.3 Å². The molecule has 2 aromatic heterocycles. The fourth-order valence-electron chi connectivity index (χ4n) is 1.71. The van der Waals surface area contributed by atoms with Crippen LogP contribution in [0.15, 0.2) is 39.5 Å². The summed E-state index contributed by atoms with van der Waals surface area (Å²) < 4.78 is 32.6. The zero-order valence-electron chi connectivity index (χ0n) is 10.3. The summed E-state index contributed by atoms with van der Waals surface area (Å²) in [5, 5.41) is 3.74. The van der Waals surface area contributed by atoms with Gasteiger partial charge in [-0.05, 0) is 34.1 Å². The minimum atomic E-state index is -0.844. The Bertz CT molecular complexity index is 822. The number of nitrogens with two attached hydrogens (primary N) is 1. The van der Waals surface area contributed by atoms with Gasteiger partial charge in [-0.3, -0.25) is 4.98 Å². The molecule has 0 fully saturated rings. The van der Waals surface area contributed by atoms with Gasteiger partial charge < -0.3 is 10.3 Å². The Morgan fingerprint density at radius 1 is 1.19 bits per heavy atom. The zero-order chi connectivity index (χ0) is 15.0. The predicted molar refractivity (Wildman–Crippen MR) is 75.0 cm³/mol. The summed E-state index contributed by atoms with van der Waals surface area (Å²) in [6.07, 6.45) is 1.56. The zero-order valence-corrected chi connectivity index (χ0v) is 11.9. The SMILES string of the molecule is Nc1cc(-c2nc(-c3ncccc3Br)no2)c(F)cc1F. The smallest absolute Gasteiger partial charge is 0.261 e. The van der Waals surface area contributed by atoms with Gasteiger partial charge in [-0.2, -0.15) is 4.98 Å². The highest BCUT2D eigenvalue weighted by Gasteiger charge is 2.18. The molecular weight excluding hydrogens is 346 g/mol. The highest BCUT2D eigenvalue weighted by molar-refractivity contribution is 9.10. The van der Waals surface area contributed by atoms with Crippen LogP contribution in [0.25, 0.3) is 23.0 Å². The lowest BCUT2D eigenvalue weighted by atomic mass is 10.2. The second-order valence-corrected chi connectivity index (χ2v) is 4.96. The van der Waals surface area contributed by atoms with Gasteiger partial charge in [0, 0.05) is 16.7 Å². The first-order valence-electron chi connectivity index (χ1n) is 5.75. The first-order chi connectivity index (χ1) is 10.1. The van der Waals surface area contributed by atoms with E-state index >= 15 is 0 Å². The van der Waals surface area contributed by atoms with Gasteiger partial charge in [-0.25, -0.2) is 8.78 Å². The van der Waals surface area contributed by atoms with Gasteiger partial charge in [0.15, 0.2) is 0 Å². The van der Waals surface area contributed by atoms with Crippen molar-refractivity contribution < 1.29 is 13.3 Å². The molecule has 1 aromatic carbocycles. The molecule has 2 N–H and O–H groups in total. The summed E-state index contributed by atoms with van der Waals surface area (Å²) in [6.45, 7) is 0. The molecule has 0 spiro atoms. The fourth-order valence-corrected chi connectivity index (χ4v) is 2.14. The number of benzene rings is 1. The number of hydrogen-bond donors (Lipinski definition) is 1. The van der Waals surface area contributed by atoms with Gasteiger partial charge in [0.25, 0.3) is 5.89 Å². The number of rotatable bonds is 2. The molecule has 3 rings (SSSR count). The maximum atomic E-state index is 13.8. The van der Waals surface area contributed by atoms with E-state index in [-0.39, 0.29) is 23.0 Å². The Morgan fingerprint density at radius 3 is 2.76 bits per heavy atom. The van der Waals surface area contributed by atoms with E-state index in [1.807, 2.05) is 0 Å². The van der Waals surface area contributed by atoms with E-state index in [9.17, 15) is 8.78 Å². The standard InChI is InChI=1S/C13H7BrF2N4O/c14-7-2-1-3-18-11(7)12-19-13(21-20-12)6-4-10(17)9(16)5-8(6)15/h1-5H,17H2. The molecule has 0 aliphatic carbocycles. The Kier molecular flexibility index (Phi) is 3.38. The maximum absolute atomic E-state index is 13.8. The van der Waals surface area contributed by atoms with Crippen LogP contribution in [0.1, 0.15) is 0 Å². The molecule has 0 aliphatic rings. The number of halogens is 3. The lowest BCUT2D eigenvalue weighted by molar-refractivity contribution is 0.429. The Labute approximate surface area is 125 Å². The molecule has 3 aromatic rings. The van der Waals surface area contributed by atoms with Gasteiger partial charge in [-0.15, -0.1) is 0 Å². The van der Waals surface area contributed by atoms with Crippen molar-refractivity contribution in [1.29, 1.82) is 0 Å². The van der Waals surface area contributed by atoms with Crippen LogP contribution in [-0.4, -0.2) is 15.1 Å². The topological polar surface area (TPSA) is 77.8 Å². The van der Waals surface area contributed by atoms with Crippen molar-refractivity contribution in [2.45, 2.75) is 0 Å². The first kappa shape index (κ1) is 13.6. The molecule has 0 unspecified atom stereocenters. The van der Waals surface area contributed by atoms with Crippen molar-refractivity contribution in [3.63, 3.8) is 0 Å². The van der Waals surface area contributed by atoms with Crippen molar-refractivity contribution in [2.75, 3.05) is 5.73 Å². The maximum Gasteiger partial charge on any atom is 0.261 e. The van der Waals surface area contributed by atoms with Crippen molar-refractivity contribution >= 4 is 21.6 Å². The van der Waals surface area contributed by atoms with Crippen molar-refractivity contribution in [3.8, 4) is 23.0 Å². The second-order valence-electron chi connectivity index (χ2n) is 4.11. The van der Waals surface area contributed by atoms with E-state index in [2.05, 4.69) is 31.1 Å². The van der Waals surface area contributed by atoms with Crippen LogP contribution >= 0.6 is 15.9 Å². The monoisotopic (exact) mass is 352 g/mol. The van der Waals surface area contributed by atoms with Crippen LogP contribution in [0.4, 0.5) is 14.5 Å². The lowest BCUT2D eigenvalue weighted by Crippen LogP contribution is -1.95. The molecule has 2 heterocycles. The minimum Gasteiger partial charge on any atom is -0.396 e. The predicted octanol–water partition coefficient (Wildman–Crippen LogP) is 3.42. The number of hydrogen-bond acceptors (Lipinski definition) is 5. The molecule has 0 saturated carbocycles. The summed E-state index contributed by atoms with van der Waals surface area (Å²) in [5.74, 6) is -1.60.